The number of hydrogen-bond donors (Lipinski definition) is 1. The molecule has 0 bridgehead atoms. The number of benzene rings is 1. The van der Waals surface area contributed by atoms with Crippen LogP contribution < -0.4 is 5.32 Å². The lowest BCUT2D eigenvalue weighted by Crippen LogP contribution is -2.43. The number of halogens is 1. The van der Waals surface area contributed by atoms with Gasteiger partial charge < -0.3 is 5.32 Å². The Morgan fingerprint density at radius 1 is 1.10 bits per heavy atom. The lowest BCUT2D eigenvalue weighted by molar-refractivity contribution is -0.123. The summed E-state index contributed by atoms with van der Waals surface area (Å²) < 4.78 is 14.1. The number of hydrogen-bond acceptors (Lipinski definition) is 3. The summed E-state index contributed by atoms with van der Waals surface area (Å²) in [6.45, 7) is 2.39. The second-order valence-electron chi connectivity index (χ2n) is 8.88. The highest BCUT2D eigenvalue weighted by Gasteiger charge is 2.31. The zero-order chi connectivity index (χ0) is 20.8. The molecule has 0 unspecified atom stereocenters. The highest BCUT2D eigenvalue weighted by Crippen LogP contribution is 2.31. The van der Waals surface area contributed by atoms with Gasteiger partial charge in [-0.25, -0.2) is 4.39 Å². The normalized spacial score (nSPS) is 21.4. The predicted octanol–water partition coefficient (Wildman–Crippen LogP) is 4.87. The fourth-order valence-electron chi connectivity index (χ4n) is 5.08. The molecule has 1 aliphatic carbocycles. The fraction of sp³-hybridized carbons (Fsp3) is 0.520. The highest BCUT2D eigenvalue weighted by atomic mass is 19.1. The summed E-state index contributed by atoms with van der Waals surface area (Å²) in [4.78, 5) is 19.7. The van der Waals surface area contributed by atoms with Crippen molar-refractivity contribution in [3.8, 4) is 0 Å². The number of aromatic nitrogens is 1. The molecular formula is C25H32FN3O. The Hall–Kier alpha value is -2.27. The molecule has 1 N–H and O–H groups in total. The quantitative estimate of drug-likeness (QED) is 0.710. The van der Waals surface area contributed by atoms with Gasteiger partial charge in [-0.15, -0.1) is 0 Å². The maximum Gasteiger partial charge on any atom is 0.220 e. The van der Waals surface area contributed by atoms with Crippen molar-refractivity contribution in [2.24, 2.45) is 11.8 Å². The van der Waals surface area contributed by atoms with Crippen LogP contribution in [0.1, 0.15) is 62.2 Å². The molecule has 2 fully saturated rings. The molecule has 1 aliphatic heterocycles. The van der Waals surface area contributed by atoms with Gasteiger partial charge in [0.05, 0.1) is 11.7 Å². The van der Waals surface area contributed by atoms with Gasteiger partial charge in [0.2, 0.25) is 5.91 Å². The molecule has 1 saturated carbocycles. The number of carbonyl (C=O) groups excluding carboxylic acids is 1. The van der Waals surface area contributed by atoms with Crippen molar-refractivity contribution < 1.29 is 9.18 Å². The molecule has 4 nitrogen and oxygen atoms in total. The van der Waals surface area contributed by atoms with Crippen LogP contribution in [0.3, 0.4) is 0 Å². The van der Waals surface area contributed by atoms with Crippen LogP contribution in [0, 0.1) is 17.7 Å². The number of nitrogens with one attached hydrogen (secondary N) is 1. The summed E-state index contributed by atoms with van der Waals surface area (Å²) in [7, 11) is 0. The van der Waals surface area contributed by atoms with E-state index >= 15 is 0 Å². The van der Waals surface area contributed by atoms with Crippen LogP contribution in [0.15, 0.2) is 48.7 Å². The van der Waals surface area contributed by atoms with Crippen molar-refractivity contribution in [3.05, 3.63) is 65.7 Å². The van der Waals surface area contributed by atoms with Gasteiger partial charge in [0.1, 0.15) is 5.82 Å². The number of piperidine rings is 1. The van der Waals surface area contributed by atoms with Crippen molar-refractivity contribution in [2.45, 2.75) is 57.5 Å². The van der Waals surface area contributed by atoms with Crippen molar-refractivity contribution in [2.75, 3.05) is 13.1 Å². The average molecular weight is 410 g/mol. The number of nitrogens with zero attached hydrogens (tertiary/aromatic N) is 2. The van der Waals surface area contributed by atoms with Gasteiger partial charge in [-0.3, -0.25) is 14.7 Å². The summed E-state index contributed by atoms with van der Waals surface area (Å²) in [6.07, 6.45) is 9.33. The van der Waals surface area contributed by atoms with Crippen molar-refractivity contribution in [1.82, 2.24) is 15.2 Å². The third kappa shape index (κ3) is 5.45. The first kappa shape index (κ1) is 21.0. The fourth-order valence-corrected chi connectivity index (χ4v) is 5.08. The van der Waals surface area contributed by atoms with Crippen molar-refractivity contribution in [3.63, 3.8) is 0 Å². The second-order valence-corrected chi connectivity index (χ2v) is 8.88. The molecule has 0 radical (unpaired) electrons. The lowest BCUT2D eigenvalue weighted by Gasteiger charge is -2.37. The van der Waals surface area contributed by atoms with Crippen molar-refractivity contribution >= 4 is 5.91 Å². The van der Waals surface area contributed by atoms with Gasteiger partial charge >= 0.3 is 0 Å². The molecule has 2 aliphatic rings. The van der Waals surface area contributed by atoms with Crippen LogP contribution in [-0.2, 0) is 11.3 Å². The molecule has 1 aromatic heterocycles. The topological polar surface area (TPSA) is 45.2 Å². The number of rotatable bonds is 7. The van der Waals surface area contributed by atoms with Gasteiger partial charge in [0.25, 0.3) is 0 Å². The summed E-state index contributed by atoms with van der Waals surface area (Å²) in [6, 6.07) is 12.8. The van der Waals surface area contributed by atoms with Crippen LogP contribution in [-0.4, -0.2) is 28.9 Å². The van der Waals surface area contributed by atoms with Gasteiger partial charge in [0, 0.05) is 31.3 Å². The first-order chi connectivity index (χ1) is 14.7. The van der Waals surface area contributed by atoms with E-state index in [0.717, 1.165) is 37.2 Å². The largest absolute Gasteiger partial charge is 0.347 e. The Bertz CT molecular complexity index is 822. The van der Waals surface area contributed by atoms with E-state index in [1.807, 2.05) is 30.3 Å². The van der Waals surface area contributed by atoms with E-state index in [4.69, 9.17) is 0 Å². The van der Waals surface area contributed by atoms with Gasteiger partial charge in [-0.05, 0) is 62.3 Å². The third-order valence-electron chi connectivity index (χ3n) is 6.64. The Morgan fingerprint density at radius 2 is 1.90 bits per heavy atom. The molecule has 5 heteroatoms. The van der Waals surface area contributed by atoms with Gasteiger partial charge in [-0.2, -0.15) is 0 Å². The Labute approximate surface area is 178 Å². The minimum Gasteiger partial charge on any atom is -0.347 e. The smallest absolute Gasteiger partial charge is 0.220 e. The van der Waals surface area contributed by atoms with Crippen LogP contribution >= 0.6 is 0 Å². The summed E-state index contributed by atoms with van der Waals surface area (Å²) >= 11 is 0. The van der Waals surface area contributed by atoms with Gasteiger partial charge in [-0.1, -0.05) is 37.1 Å². The molecule has 2 heterocycles. The van der Waals surface area contributed by atoms with E-state index in [1.165, 1.54) is 31.7 Å². The number of pyridine rings is 1. The number of carbonyl (C=O) groups is 1. The average Bonchev–Trinajstić information content (AvgIpc) is 3.27. The van der Waals surface area contributed by atoms with Crippen LogP contribution in [0.2, 0.25) is 0 Å². The summed E-state index contributed by atoms with van der Waals surface area (Å²) in [5.41, 5.74) is 1.66. The second kappa shape index (κ2) is 10.2. The maximum atomic E-state index is 14.1. The number of likely N-dealkylation sites (tertiary alicyclic amines) is 1. The van der Waals surface area contributed by atoms with Crippen LogP contribution in [0.5, 0.6) is 0 Å². The molecule has 1 aromatic carbocycles. The Morgan fingerprint density at radius 3 is 2.67 bits per heavy atom. The molecule has 1 amide bonds. The van der Waals surface area contributed by atoms with E-state index in [2.05, 4.69) is 15.2 Å². The Kier molecular flexibility index (Phi) is 7.11. The first-order valence-electron chi connectivity index (χ1n) is 11.3. The highest BCUT2D eigenvalue weighted by molar-refractivity contribution is 5.76. The maximum absolute atomic E-state index is 14.1. The monoisotopic (exact) mass is 409 g/mol. The molecule has 2 aromatic rings. The van der Waals surface area contributed by atoms with E-state index in [0.29, 0.717) is 18.9 Å². The molecule has 2 atom stereocenters. The lowest BCUT2D eigenvalue weighted by atomic mass is 9.87. The standard InChI is InChI=1S/C25H32FN3O/c26-22-12-4-3-10-20(22)17-29-15-7-11-21(18-29)25(23-13-5-6-14-27-23)28-24(30)16-19-8-1-2-9-19/h3-6,10,12-14,19,21,25H,1-2,7-9,11,15-18H2,(H,28,30)/t21-,25-/m1/s1. The zero-order valence-corrected chi connectivity index (χ0v) is 17.6. The van der Waals surface area contributed by atoms with Crippen LogP contribution in [0.4, 0.5) is 4.39 Å². The molecule has 0 spiro atoms. The SMILES string of the molecule is O=C(CC1CCCC1)N[C@@H](c1ccccn1)[C@@H]1CCCN(Cc2ccccc2F)C1. The molecule has 30 heavy (non-hydrogen) atoms. The van der Waals surface area contributed by atoms with Gasteiger partial charge in [0.15, 0.2) is 0 Å². The van der Waals surface area contributed by atoms with E-state index in [9.17, 15) is 9.18 Å². The van der Waals surface area contributed by atoms with Crippen LogP contribution in [0.25, 0.3) is 0 Å². The zero-order valence-electron chi connectivity index (χ0n) is 17.6. The number of amides is 1. The van der Waals surface area contributed by atoms with E-state index < -0.39 is 0 Å². The first-order valence-corrected chi connectivity index (χ1v) is 11.3. The molecule has 160 valence electrons. The molecular weight excluding hydrogens is 377 g/mol. The Balaban J connectivity index is 1.45. The predicted molar refractivity (Wildman–Crippen MR) is 116 cm³/mol. The third-order valence-corrected chi connectivity index (χ3v) is 6.64. The molecule has 4 rings (SSSR count). The van der Waals surface area contributed by atoms with E-state index in [1.54, 1.807) is 12.3 Å². The summed E-state index contributed by atoms with van der Waals surface area (Å²) in [5, 5.41) is 3.32. The summed E-state index contributed by atoms with van der Waals surface area (Å²) in [5.74, 6) is 0.792. The van der Waals surface area contributed by atoms with Crippen molar-refractivity contribution in [1.29, 1.82) is 0 Å². The minimum absolute atomic E-state index is 0.0940. The van der Waals surface area contributed by atoms with E-state index in [-0.39, 0.29) is 23.7 Å². The molecule has 1 saturated heterocycles. The minimum atomic E-state index is -0.147.